The molecule has 2 aromatic rings. The van der Waals surface area contributed by atoms with Crippen LogP contribution >= 0.6 is 11.6 Å². The monoisotopic (exact) mass is 250 g/mol. The minimum Gasteiger partial charge on any atom is -0.494 e. The molecule has 0 fully saturated rings. The number of fused-ring (bicyclic) bond motifs is 1. The summed E-state index contributed by atoms with van der Waals surface area (Å²) < 4.78 is 5.31. The van der Waals surface area contributed by atoms with Crippen LogP contribution in [0, 0.1) is 6.92 Å². The minimum atomic E-state index is 0.694. The highest BCUT2D eigenvalue weighted by Crippen LogP contribution is 2.32. The van der Waals surface area contributed by atoms with E-state index in [1.54, 1.807) is 7.11 Å². The van der Waals surface area contributed by atoms with Crippen molar-refractivity contribution in [2.24, 2.45) is 0 Å². The molecule has 4 heteroatoms. The Balaban J connectivity index is 2.73. The molecule has 0 spiro atoms. The lowest BCUT2D eigenvalue weighted by molar-refractivity contribution is 0.419. The highest BCUT2D eigenvalue weighted by molar-refractivity contribution is 6.35. The average Bonchev–Trinajstić information content (AvgIpc) is 2.32. The van der Waals surface area contributed by atoms with E-state index in [1.807, 2.05) is 32.0 Å². The molecule has 0 radical (unpaired) electrons. The number of aromatic nitrogens is 1. The lowest BCUT2D eigenvalue weighted by atomic mass is 10.1. The molecule has 1 aromatic heterocycles. The Morgan fingerprint density at radius 2 is 2.18 bits per heavy atom. The van der Waals surface area contributed by atoms with Crippen molar-refractivity contribution in [2.45, 2.75) is 13.8 Å². The van der Waals surface area contributed by atoms with Crippen LogP contribution in [-0.4, -0.2) is 18.6 Å². The predicted molar refractivity (Wildman–Crippen MR) is 72.2 cm³/mol. The van der Waals surface area contributed by atoms with Crippen LogP contribution in [0.15, 0.2) is 18.2 Å². The second kappa shape index (κ2) is 4.80. The molecule has 3 nitrogen and oxygen atoms in total. The van der Waals surface area contributed by atoms with Crippen molar-refractivity contribution in [3.8, 4) is 5.75 Å². The molecule has 90 valence electrons. The van der Waals surface area contributed by atoms with Gasteiger partial charge < -0.3 is 10.1 Å². The Morgan fingerprint density at radius 1 is 1.41 bits per heavy atom. The first-order valence-electron chi connectivity index (χ1n) is 5.55. The summed E-state index contributed by atoms with van der Waals surface area (Å²) in [4.78, 5) is 4.58. The van der Waals surface area contributed by atoms with Gasteiger partial charge in [-0.3, -0.25) is 0 Å². The van der Waals surface area contributed by atoms with Crippen molar-refractivity contribution >= 4 is 28.3 Å². The standard InChI is InChI=1S/C13H15ClN2O/c1-4-15-13-8(2)7-9-10(14)5-6-11(17-3)12(9)16-13/h5-7H,4H2,1-3H3,(H,15,16). The van der Waals surface area contributed by atoms with Crippen molar-refractivity contribution in [3.63, 3.8) is 0 Å². The third-order valence-electron chi connectivity index (χ3n) is 2.65. The fraction of sp³-hybridized carbons (Fsp3) is 0.308. The zero-order valence-electron chi connectivity index (χ0n) is 10.2. The maximum Gasteiger partial charge on any atom is 0.145 e. The van der Waals surface area contributed by atoms with Gasteiger partial charge in [0.15, 0.2) is 0 Å². The van der Waals surface area contributed by atoms with E-state index < -0.39 is 0 Å². The first-order valence-corrected chi connectivity index (χ1v) is 5.93. The Hall–Kier alpha value is -1.48. The number of aryl methyl sites for hydroxylation is 1. The first kappa shape index (κ1) is 12.0. The number of hydrogen-bond acceptors (Lipinski definition) is 3. The normalized spacial score (nSPS) is 10.6. The highest BCUT2D eigenvalue weighted by Gasteiger charge is 2.10. The summed E-state index contributed by atoms with van der Waals surface area (Å²) in [7, 11) is 1.64. The molecule has 0 aliphatic rings. The Labute approximate surface area is 106 Å². The summed E-state index contributed by atoms with van der Waals surface area (Å²) >= 11 is 6.17. The Kier molecular flexibility index (Phi) is 3.38. The van der Waals surface area contributed by atoms with E-state index in [1.165, 1.54) is 0 Å². The van der Waals surface area contributed by atoms with Gasteiger partial charge in [0.25, 0.3) is 0 Å². The van der Waals surface area contributed by atoms with E-state index in [2.05, 4.69) is 10.3 Å². The lowest BCUT2D eigenvalue weighted by Crippen LogP contribution is -2.02. The zero-order chi connectivity index (χ0) is 12.4. The van der Waals surface area contributed by atoms with E-state index in [9.17, 15) is 0 Å². The fourth-order valence-corrected chi connectivity index (χ4v) is 2.02. The third kappa shape index (κ3) is 2.15. The van der Waals surface area contributed by atoms with E-state index in [0.29, 0.717) is 5.02 Å². The number of ether oxygens (including phenoxy) is 1. The predicted octanol–water partition coefficient (Wildman–Crippen LogP) is 3.64. The van der Waals surface area contributed by atoms with Crippen LogP contribution in [-0.2, 0) is 0 Å². The van der Waals surface area contributed by atoms with Crippen LogP contribution in [0.25, 0.3) is 10.9 Å². The number of halogens is 1. The van der Waals surface area contributed by atoms with Gasteiger partial charge in [-0.25, -0.2) is 4.98 Å². The average molecular weight is 251 g/mol. The van der Waals surface area contributed by atoms with Crippen LogP contribution < -0.4 is 10.1 Å². The zero-order valence-corrected chi connectivity index (χ0v) is 10.9. The summed E-state index contributed by atoms with van der Waals surface area (Å²) in [5, 5.41) is 4.84. The summed E-state index contributed by atoms with van der Waals surface area (Å²) in [5.41, 5.74) is 1.87. The summed E-state index contributed by atoms with van der Waals surface area (Å²) in [5.74, 6) is 1.61. The molecule has 0 unspecified atom stereocenters. The van der Waals surface area contributed by atoms with Gasteiger partial charge >= 0.3 is 0 Å². The molecule has 1 N–H and O–H groups in total. The van der Waals surface area contributed by atoms with Crippen LogP contribution in [0.4, 0.5) is 5.82 Å². The van der Waals surface area contributed by atoms with Crippen molar-refractivity contribution in [1.29, 1.82) is 0 Å². The van der Waals surface area contributed by atoms with E-state index in [-0.39, 0.29) is 0 Å². The van der Waals surface area contributed by atoms with Crippen LogP contribution in [0.5, 0.6) is 5.75 Å². The quantitative estimate of drug-likeness (QED) is 0.903. The second-order valence-corrected chi connectivity index (χ2v) is 4.24. The van der Waals surface area contributed by atoms with Gasteiger partial charge in [-0.05, 0) is 37.6 Å². The van der Waals surface area contributed by atoms with Crippen molar-refractivity contribution < 1.29 is 4.74 Å². The van der Waals surface area contributed by atoms with Gasteiger partial charge in [-0.1, -0.05) is 11.6 Å². The summed E-state index contributed by atoms with van der Waals surface area (Å²) in [6, 6.07) is 5.70. The third-order valence-corrected chi connectivity index (χ3v) is 2.98. The van der Waals surface area contributed by atoms with Crippen LogP contribution in [0.2, 0.25) is 5.02 Å². The Bertz CT molecular complexity index is 555. The van der Waals surface area contributed by atoms with Crippen LogP contribution in [0.3, 0.4) is 0 Å². The number of hydrogen-bond donors (Lipinski definition) is 1. The summed E-state index contributed by atoms with van der Waals surface area (Å²) in [6.07, 6.45) is 0. The van der Waals surface area contributed by atoms with Gasteiger partial charge in [-0.15, -0.1) is 0 Å². The first-order chi connectivity index (χ1) is 8.17. The second-order valence-electron chi connectivity index (χ2n) is 3.83. The van der Waals surface area contributed by atoms with E-state index >= 15 is 0 Å². The largest absolute Gasteiger partial charge is 0.494 e. The molecule has 0 aliphatic carbocycles. The molecule has 0 atom stereocenters. The highest BCUT2D eigenvalue weighted by atomic mass is 35.5. The molecule has 0 aliphatic heterocycles. The van der Waals surface area contributed by atoms with E-state index in [4.69, 9.17) is 16.3 Å². The maximum atomic E-state index is 6.17. The van der Waals surface area contributed by atoms with Crippen LogP contribution in [0.1, 0.15) is 12.5 Å². The minimum absolute atomic E-state index is 0.694. The number of benzene rings is 1. The molecule has 1 aromatic carbocycles. The lowest BCUT2D eigenvalue weighted by Gasteiger charge is -2.11. The number of rotatable bonds is 3. The number of nitrogens with zero attached hydrogens (tertiary/aromatic N) is 1. The molecule has 0 saturated carbocycles. The molecule has 2 rings (SSSR count). The molecule has 1 heterocycles. The van der Waals surface area contributed by atoms with E-state index in [0.717, 1.165) is 34.6 Å². The van der Waals surface area contributed by atoms with Gasteiger partial charge in [0, 0.05) is 11.9 Å². The molecule has 0 saturated heterocycles. The number of methoxy groups -OCH3 is 1. The molecule has 17 heavy (non-hydrogen) atoms. The fourth-order valence-electron chi connectivity index (χ4n) is 1.81. The van der Waals surface area contributed by atoms with Crippen molar-refractivity contribution in [2.75, 3.05) is 19.0 Å². The maximum absolute atomic E-state index is 6.17. The molecular weight excluding hydrogens is 236 g/mol. The van der Waals surface area contributed by atoms with Crippen molar-refractivity contribution in [3.05, 3.63) is 28.8 Å². The SMILES string of the molecule is CCNc1nc2c(OC)ccc(Cl)c2cc1C. The van der Waals surface area contributed by atoms with Gasteiger partial charge in [0.2, 0.25) is 0 Å². The van der Waals surface area contributed by atoms with Gasteiger partial charge in [0.05, 0.1) is 12.1 Å². The Morgan fingerprint density at radius 3 is 2.82 bits per heavy atom. The van der Waals surface area contributed by atoms with Crippen molar-refractivity contribution in [1.82, 2.24) is 4.98 Å². The summed E-state index contributed by atoms with van der Waals surface area (Å²) in [6.45, 7) is 4.89. The molecular formula is C13H15ClN2O. The smallest absolute Gasteiger partial charge is 0.145 e. The number of pyridine rings is 1. The number of anilines is 1. The van der Waals surface area contributed by atoms with Gasteiger partial charge in [-0.2, -0.15) is 0 Å². The molecule has 0 bridgehead atoms. The molecule has 0 amide bonds. The number of nitrogens with one attached hydrogen (secondary N) is 1. The van der Waals surface area contributed by atoms with Gasteiger partial charge in [0.1, 0.15) is 17.1 Å². The topological polar surface area (TPSA) is 34.2 Å².